The molecular formula is C18H20N2OS. The van der Waals surface area contributed by atoms with Crippen LogP contribution in [0.15, 0.2) is 54.6 Å². The van der Waals surface area contributed by atoms with Crippen LogP contribution in [0.3, 0.4) is 0 Å². The smallest absolute Gasteiger partial charge is 0.230 e. The summed E-state index contributed by atoms with van der Waals surface area (Å²) in [6.07, 6.45) is 0.314. The second kappa shape index (κ2) is 7.71. The summed E-state index contributed by atoms with van der Waals surface area (Å²) in [6, 6.07) is 17.6. The predicted octanol–water partition coefficient (Wildman–Crippen LogP) is 3.87. The maximum atomic E-state index is 12.0. The number of anilines is 1. The second-order valence-corrected chi connectivity index (χ2v) is 5.81. The molecule has 0 radical (unpaired) electrons. The fraction of sp³-hybridized carbons (Fsp3) is 0.222. The Hall–Kier alpha value is -2.20. The number of para-hydroxylation sites is 1. The van der Waals surface area contributed by atoms with Crippen molar-refractivity contribution in [1.29, 1.82) is 0 Å². The molecule has 0 heterocycles. The Bertz CT molecular complexity index is 653. The minimum atomic E-state index is -0.120. The Labute approximate surface area is 136 Å². The summed E-state index contributed by atoms with van der Waals surface area (Å²) in [5.41, 5.74) is 3.06. The summed E-state index contributed by atoms with van der Waals surface area (Å²) in [4.78, 5) is 12.0. The number of carbonyl (C=O) groups is 1. The third-order valence-electron chi connectivity index (χ3n) is 3.29. The summed E-state index contributed by atoms with van der Waals surface area (Å²) < 4.78 is 0. The molecule has 0 unspecified atom stereocenters. The van der Waals surface area contributed by atoms with Crippen molar-refractivity contribution in [2.75, 3.05) is 5.32 Å². The van der Waals surface area contributed by atoms with Gasteiger partial charge in [0.05, 0.1) is 6.42 Å². The van der Waals surface area contributed by atoms with Crippen LogP contribution in [0, 0.1) is 0 Å². The number of benzene rings is 2. The first kappa shape index (κ1) is 16.2. The summed E-state index contributed by atoms with van der Waals surface area (Å²) in [6.45, 7) is 4.25. The lowest BCUT2D eigenvalue weighted by atomic mass is 10.0. The van der Waals surface area contributed by atoms with Crippen molar-refractivity contribution in [2.45, 2.75) is 26.2 Å². The average molecular weight is 312 g/mol. The highest BCUT2D eigenvalue weighted by atomic mass is 32.1. The predicted molar refractivity (Wildman–Crippen MR) is 95.0 cm³/mol. The molecule has 2 aromatic rings. The van der Waals surface area contributed by atoms with Crippen LogP contribution in [0.5, 0.6) is 0 Å². The largest absolute Gasteiger partial charge is 0.332 e. The summed E-state index contributed by atoms with van der Waals surface area (Å²) in [5.74, 6) is 0.261. The van der Waals surface area contributed by atoms with Crippen molar-refractivity contribution in [2.24, 2.45) is 0 Å². The van der Waals surface area contributed by atoms with Gasteiger partial charge in [0.25, 0.3) is 0 Å². The van der Waals surface area contributed by atoms with E-state index in [2.05, 4.69) is 30.5 Å². The van der Waals surface area contributed by atoms with Crippen molar-refractivity contribution < 1.29 is 4.79 Å². The lowest BCUT2D eigenvalue weighted by Gasteiger charge is -2.15. The van der Waals surface area contributed by atoms with Gasteiger partial charge in [0.1, 0.15) is 0 Å². The van der Waals surface area contributed by atoms with E-state index in [-0.39, 0.29) is 5.91 Å². The summed E-state index contributed by atoms with van der Waals surface area (Å²) in [7, 11) is 0. The molecular weight excluding hydrogens is 292 g/mol. The monoisotopic (exact) mass is 312 g/mol. The van der Waals surface area contributed by atoms with Crippen molar-refractivity contribution in [3.05, 3.63) is 65.7 Å². The Morgan fingerprint density at radius 1 is 1.05 bits per heavy atom. The minimum Gasteiger partial charge on any atom is -0.332 e. The van der Waals surface area contributed by atoms with Crippen LogP contribution < -0.4 is 10.6 Å². The molecule has 0 aromatic heterocycles. The zero-order chi connectivity index (χ0) is 15.9. The molecule has 0 aliphatic rings. The molecule has 3 nitrogen and oxygen atoms in total. The molecule has 0 fully saturated rings. The van der Waals surface area contributed by atoms with Gasteiger partial charge in [0.15, 0.2) is 5.11 Å². The molecule has 0 saturated heterocycles. The molecule has 0 bridgehead atoms. The molecule has 0 atom stereocenters. The molecule has 1 amide bonds. The van der Waals surface area contributed by atoms with E-state index < -0.39 is 0 Å². The number of nitrogens with one attached hydrogen (secondary N) is 2. The highest BCUT2D eigenvalue weighted by Crippen LogP contribution is 2.23. The number of amides is 1. The highest BCUT2D eigenvalue weighted by Gasteiger charge is 2.09. The van der Waals surface area contributed by atoms with Gasteiger partial charge in [-0.3, -0.25) is 4.79 Å². The van der Waals surface area contributed by atoms with Crippen molar-refractivity contribution >= 4 is 28.9 Å². The van der Waals surface area contributed by atoms with Crippen LogP contribution in [0.2, 0.25) is 0 Å². The molecule has 114 valence electrons. The third kappa shape index (κ3) is 4.67. The van der Waals surface area contributed by atoms with Gasteiger partial charge in [0, 0.05) is 5.69 Å². The number of hydrogen-bond donors (Lipinski definition) is 2. The van der Waals surface area contributed by atoms with Crippen LogP contribution in [0.25, 0.3) is 0 Å². The fourth-order valence-corrected chi connectivity index (χ4v) is 2.44. The van der Waals surface area contributed by atoms with E-state index in [1.807, 2.05) is 48.5 Å². The van der Waals surface area contributed by atoms with E-state index >= 15 is 0 Å². The van der Waals surface area contributed by atoms with Crippen LogP contribution in [-0.4, -0.2) is 11.0 Å². The van der Waals surface area contributed by atoms with E-state index in [0.29, 0.717) is 17.5 Å². The molecule has 0 aliphatic heterocycles. The van der Waals surface area contributed by atoms with Gasteiger partial charge >= 0.3 is 0 Å². The first-order valence-electron chi connectivity index (χ1n) is 7.30. The van der Waals surface area contributed by atoms with E-state index in [1.165, 1.54) is 5.56 Å². The molecule has 2 aromatic carbocycles. The van der Waals surface area contributed by atoms with Gasteiger partial charge in [-0.1, -0.05) is 62.4 Å². The number of carbonyl (C=O) groups excluding carboxylic acids is 1. The van der Waals surface area contributed by atoms with Crippen LogP contribution in [0.1, 0.15) is 30.9 Å². The molecule has 0 aliphatic carbocycles. The van der Waals surface area contributed by atoms with Crippen molar-refractivity contribution in [1.82, 2.24) is 5.32 Å². The summed E-state index contributed by atoms with van der Waals surface area (Å²) in [5, 5.41) is 6.16. The maximum absolute atomic E-state index is 12.0. The van der Waals surface area contributed by atoms with Gasteiger partial charge < -0.3 is 10.6 Å². The first-order chi connectivity index (χ1) is 10.6. The number of hydrogen-bond acceptors (Lipinski definition) is 2. The zero-order valence-corrected chi connectivity index (χ0v) is 13.6. The van der Waals surface area contributed by atoms with E-state index in [9.17, 15) is 4.79 Å². The molecule has 2 rings (SSSR count). The molecule has 4 heteroatoms. The van der Waals surface area contributed by atoms with E-state index in [4.69, 9.17) is 12.2 Å². The van der Waals surface area contributed by atoms with E-state index in [1.54, 1.807) is 0 Å². The van der Waals surface area contributed by atoms with Gasteiger partial charge in [-0.05, 0) is 35.3 Å². The SMILES string of the molecule is CC(C)c1ccccc1NC(=S)NC(=O)Cc1ccccc1. The average Bonchev–Trinajstić information content (AvgIpc) is 2.48. The second-order valence-electron chi connectivity index (χ2n) is 5.41. The van der Waals surface area contributed by atoms with Crippen LogP contribution in [-0.2, 0) is 11.2 Å². The van der Waals surface area contributed by atoms with Crippen molar-refractivity contribution in [3.8, 4) is 0 Å². The molecule has 0 spiro atoms. The fourth-order valence-electron chi connectivity index (χ4n) is 2.22. The maximum Gasteiger partial charge on any atom is 0.230 e. The zero-order valence-electron chi connectivity index (χ0n) is 12.8. The summed E-state index contributed by atoms with van der Waals surface area (Å²) >= 11 is 5.23. The lowest BCUT2D eigenvalue weighted by Crippen LogP contribution is -2.35. The normalized spacial score (nSPS) is 10.3. The minimum absolute atomic E-state index is 0.120. The molecule has 22 heavy (non-hydrogen) atoms. The Morgan fingerprint density at radius 2 is 1.68 bits per heavy atom. The van der Waals surface area contributed by atoms with Crippen molar-refractivity contribution in [3.63, 3.8) is 0 Å². The van der Waals surface area contributed by atoms with Crippen LogP contribution in [0.4, 0.5) is 5.69 Å². The van der Waals surface area contributed by atoms with Gasteiger partial charge in [-0.25, -0.2) is 0 Å². The topological polar surface area (TPSA) is 41.1 Å². The highest BCUT2D eigenvalue weighted by molar-refractivity contribution is 7.80. The number of thiocarbonyl (C=S) groups is 1. The Morgan fingerprint density at radius 3 is 2.36 bits per heavy atom. The first-order valence-corrected chi connectivity index (χ1v) is 7.71. The molecule has 0 saturated carbocycles. The third-order valence-corrected chi connectivity index (χ3v) is 3.50. The van der Waals surface area contributed by atoms with Gasteiger partial charge in [0.2, 0.25) is 5.91 Å². The standard InChI is InChI=1S/C18H20N2OS/c1-13(2)15-10-6-7-11-16(15)19-18(22)20-17(21)12-14-8-4-3-5-9-14/h3-11,13H,12H2,1-2H3,(H2,19,20,21,22). The number of rotatable bonds is 4. The van der Waals surface area contributed by atoms with Crippen LogP contribution >= 0.6 is 12.2 Å². The molecule has 2 N–H and O–H groups in total. The Balaban J connectivity index is 1.94. The van der Waals surface area contributed by atoms with Gasteiger partial charge in [-0.2, -0.15) is 0 Å². The van der Waals surface area contributed by atoms with Gasteiger partial charge in [-0.15, -0.1) is 0 Å². The van der Waals surface area contributed by atoms with E-state index in [0.717, 1.165) is 11.3 Å². The Kier molecular flexibility index (Phi) is 5.67. The quantitative estimate of drug-likeness (QED) is 0.842. The lowest BCUT2D eigenvalue weighted by molar-refractivity contribution is -0.119.